The Balaban J connectivity index is 2.06. The van der Waals surface area contributed by atoms with Crippen LogP contribution in [0.4, 0.5) is 5.69 Å². The van der Waals surface area contributed by atoms with Crippen LogP contribution in [-0.2, 0) is 4.74 Å². The molecule has 1 saturated heterocycles. The Bertz CT molecular complexity index is 411. The third kappa shape index (κ3) is 4.02. The smallest absolute Gasteiger partial charge is 0.142 e. The van der Waals surface area contributed by atoms with Crippen LogP contribution in [0.25, 0.3) is 0 Å². The molecule has 1 heterocycles. The lowest BCUT2D eigenvalue weighted by Crippen LogP contribution is -2.33. The SMILES string of the molecule is CCOc1ccc(Cl)cc1NC1CCOC(CC)C1. The lowest BCUT2D eigenvalue weighted by atomic mass is 10.0. The van der Waals surface area contributed by atoms with Crippen molar-refractivity contribution in [2.45, 2.75) is 45.3 Å². The molecule has 2 rings (SSSR count). The molecule has 0 spiro atoms. The third-order valence-electron chi connectivity index (χ3n) is 3.42. The van der Waals surface area contributed by atoms with Crippen LogP contribution < -0.4 is 10.1 Å². The highest BCUT2D eigenvalue weighted by atomic mass is 35.5. The van der Waals surface area contributed by atoms with Crippen molar-refractivity contribution in [3.8, 4) is 5.75 Å². The molecule has 19 heavy (non-hydrogen) atoms. The number of hydrogen-bond acceptors (Lipinski definition) is 3. The summed E-state index contributed by atoms with van der Waals surface area (Å²) in [5, 5.41) is 4.28. The van der Waals surface area contributed by atoms with Gasteiger partial charge in [0.2, 0.25) is 0 Å². The van der Waals surface area contributed by atoms with E-state index in [1.807, 2.05) is 25.1 Å². The molecule has 0 saturated carbocycles. The van der Waals surface area contributed by atoms with Crippen LogP contribution in [0.15, 0.2) is 18.2 Å². The van der Waals surface area contributed by atoms with Crippen LogP contribution in [0.2, 0.25) is 5.02 Å². The van der Waals surface area contributed by atoms with Crippen molar-refractivity contribution in [3.05, 3.63) is 23.2 Å². The number of nitrogens with one attached hydrogen (secondary N) is 1. The van der Waals surface area contributed by atoms with Crippen LogP contribution >= 0.6 is 11.6 Å². The first kappa shape index (κ1) is 14.5. The Labute approximate surface area is 120 Å². The van der Waals surface area contributed by atoms with Gasteiger partial charge in [-0.25, -0.2) is 0 Å². The first-order valence-electron chi connectivity index (χ1n) is 7.03. The van der Waals surface area contributed by atoms with Crippen molar-refractivity contribution in [1.29, 1.82) is 0 Å². The summed E-state index contributed by atoms with van der Waals surface area (Å²) in [6, 6.07) is 6.14. The highest BCUT2D eigenvalue weighted by Crippen LogP contribution is 2.30. The van der Waals surface area contributed by atoms with Crippen molar-refractivity contribution in [3.63, 3.8) is 0 Å². The summed E-state index contributed by atoms with van der Waals surface area (Å²) < 4.78 is 11.3. The zero-order valence-corrected chi connectivity index (χ0v) is 12.4. The van der Waals surface area contributed by atoms with Gasteiger partial charge >= 0.3 is 0 Å². The molecule has 0 bridgehead atoms. The average Bonchev–Trinajstić information content (AvgIpc) is 2.42. The average molecular weight is 284 g/mol. The summed E-state index contributed by atoms with van der Waals surface area (Å²) in [6.07, 6.45) is 3.48. The van der Waals surface area contributed by atoms with Gasteiger partial charge in [0.25, 0.3) is 0 Å². The summed E-state index contributed by atoms with van der Waals surface area (Å²) in [5.41, 5.74) is 0.983. The lowest BCUT2D eigenvalue weighted by molar-refractivity contribution is 0.00922. The van der Waals surface area contributed by atoms with E-state index in [2.05, 4.69) is 12.2 Å². The van der Waals surface area contributed by atoms with Crippen molar-refractivity contribution >= 4 is 17.3 Å². The Morgan fingerprint density at radius 1 is 1.42 bits per heavy atom. The van der Waals surface area contributed by atoms with E-state index in [1.54, 1.807) is 0 Å². The minimum atomic E-state index is 0.362. The lowest BCUT2D eigenvalue weighted by Gasteiger charge is -2.30. The number of rotatable bonds is 5. The maximum absolute atomic E-state index is 6.07. The van der Waals surface area contributed by atoms with E-state index in [4.69, 9.17) is 21.1 Å². The Hall–Kier alpha value is -0.930. The molecule has 1 aromatic carbocycles. The van der Waals surface area contributed by atoms with E-state index in [9.17, 15) is 0 Å². The fraction of sp³-hybridized carbons (Fsp3) is 0.600. The van der Waals surface area contributed by atoms with E-state index in [-0.39, 0.29) is 0 Å². The number of ether oxygens (including phenoxy) is 2. The highest BCUT2D eigenvalue weighted by Gasteiger charge is 2.22. The normalized spacial score (nSPS) is 23.1. The fourth-order valence-electron chi connectivity index (χ4n) is 2.41. The molecule has 3 nitrogen and oxygen atoms in total. The third-order valence-corrected chi connectivity index (χ3v) is 3.66. The van der Waals surface area contributed by atoms with Gasteiger partial charge in [-0.05, 0) is 44.4 Å². The van der Waals surface area contributed by atoms with Crippen molar-refractivity contribution in [1.82, 2.24) is 0 Å². The van der Waals surface area contributed by atoms with Crippen LogP contribution in [0.5, 0.6) is 5.75 Å². The van der Waals surface area contributed by atoms with E-state index in [0.29, 0.717) is 18.8 Å². The molecule has 1 N–H and O–H groups in total. The zero-order valence-electron chi connectivity index (χ0n) is 11.6. The largest absolute Gasteiger partial charge is 0.492 e. The molecular formula is C15H22ClNO2. The van der Waals surface area contributed by atoms with E-state index in [1.165, 1.54) is 0 Å². The monoisotopic (exact) mass is 283 g/mol. The molecule has 1 fully saturated rings. The van der Waals surface area contributed by atoms with Gasteiger partial charge in [-0.3, -0.25) is 0 Å². The predicted molar refractivity (Wildman–Crippen MR) is 79.3 cm³/mol. The molecule has 1 aliphatic rings. The summed E-state index contributed by atoms with van der Waals surface area (Å²) in [4.78, 5) is 0. The van der Waals surface area contributed by atoms with Crippen LogP contribution in [0.3, 0.4) is 0 Å². The quantitative estimate of drug-likeness (QED) is 0.882. The minimum absolute atomic E-state index is 0.362. The van der Waals surface area contributed by atoms with E-state index in [0.717, 1.165) is 42.3 Å². The molecular weight excluding hydrogens is 262 g/mol. The van der Waals surface area contributed by atoms with Gasteiger partial charge in [0.1, 0.15) is 5.75 Å². The molecule has 2 atom stereocenters. The predicted octanol–water partition coefficient (Wildman–Crippen LogP) is 4.11. The minimum Gasteiger partial charge on any atom is -0.492 e. The fourth-order valence-corrected chi connectivity index (χ4v) is 2.58. The Morgan fingerprint density at radius 3 is 3.00 bits per heavy atom. The van der Waals surface area contributed by atoms with Gasteiger partial charge < -0.3 is 14.8 Å². The summed E-state index contributed by atoms with van der Waals surface area (Å²) in [6.45, 7) is 5.63. The van der Waals surface area contributed by atoms with Gasteiger partial charge in [-0.1, -0.05) is 18.5 Å². The van der Waals surface area contributed by atoms with Crippen molar-refractivity contribution < 1.29 is 9.47 Å². The molecule has 106 valence electrons. The zero-order chi connectivity index (χ0) is 13.7. The van der Waals surface area contributed by atoms with Crippen LogP contribution in [0.1, 0.15) is 33.1 Å². The molecule has 0 amide bonds. The van der Waals surface area contributed by atoms with Crippen molar-refractivity contribution in [2.24, 2.45) is 0 Å². The number of benzene rings is 1. The maximum atomic E-state index is 6.07. The standard InChI is InChI=1S/C15H22ClNO2/c1-3-13-10-12(7-8-19-13)17-14-9-11(16)5-6-15(14)18-4-2/h5-6,9,12-13,17H,3-4,7-8,10H2,1-2H3. The first-order valence-corrected chi connectivity index (χ1v) is 7.41. The second-order valence-corrected chi connectivity index (χ2v) is 5.28. The number of hydrogen-bond donors (Lipinski definition) is 1. The topological polar surface area (TPSA) is 30.5 Å². The molecule has 4 heteroatoms. The van der Waals surface area contributed by atoms with Gasteiger partial charge in [0, 0.05) is 17.7 Å². The van der Waals surface area contributed by atoms with Crippen molar-refractivity contribution in [2.75, 3.05) is 18.5 Å². The second-order valence-electron chi connectivity index (χ2n) is 4.84. The molecule has 1 aliphatic heterocycles. The highest BCUT2D eigenvalue weighted by molar-refractivity contribution is 6.30. The van der Waals surface area contributed by atoms with E-state index < -0.39 is 0 Å². The Kier molecular flexibility index (Phi) is 5.34. The van der Waals surface area contributed by atoms with Gasteiger partial charge in [-0.15, -0.1) is 0 Å². The maximum Gasteiger partial charge on any atom is 0.142 e. The van der Waals surface area contributed by atoms with Crippen LogP contribution in [-0.4, -0.2) is 25.4 Å². The van der Waals surface area contributed by atoms with Crippen LogP contribution in [0, 0.1) is 0 Å². The first-order chi connectivity index (χ1) is 9.22. The second kappa shape index (κ2) is 7.01. The Morgan fingerprint density at radius 2 is 2.26 bits per heavy atom. The summed E-state index contributed by atoms with van der Waals surface area (Å²) >= 11 is 6.07. The molecule has 1 aromatic rings. The summed E-state index contributed by atoms with van der Waals surface area (Å²) in [5.74, 6) is 0.867. The number of halogens is 1. The summed E-state index contributed by atoms with van der Waals surface area (Å²) in [7, 11) is 0. The molecule has 0 radical (unpaired) electrons. The molecule has 0 aliphatic carbocycles. The van der Waals surface area contributed by atoms with Gasteiger partial charge in [0.15, 0.2) is 0 Å². The number of anilines is 1. The van der Waals surface area contributed by atoms with E-state index >= 15 is 0 Å². The molecule has 2 unspecified atom stereocenters. The molecule has 0 aromatic heterocycles. The van der Waals surface area contributed by atoms with Gasteiger partial charge in [-0.2, -0.15) is 0 Å². The van der Waals surface area contributed by atoms with Gasteiger partial charge in [0.05, 0.1) is 18.4 Å².